The van der Waals surface area contributed by atoms with Crippen LogP contribution in [0.5, 0.6) is 0 Å². The number of carboxylic acids is 2. The third-order valence-corrected chi connectivity index (χ3v) is 3.76. The molecule has 8 nitrogen and oxygen atoms in total. The molecule has 0 atom stereocenters. The van der Waals surface area contributed by atoms with Crippen LogP contribution in [0.3, 0.4) is 0 Å². The van der Waals surface area contributed by atoms with E-state index in [0.717, 1.165) is 0 Å². The van der Waals surface area contributed by atoms with Crippen molar-refractivity contribution in [2.45, 2.75) is 6.18 Å². The largest absolute Gasteiger partial charge is 0.490 e. The number of hydrogen-bond donors (Lipinski definition) is 4. The summed E-state index contributed by atoms with van der Waals surface area (Å²) in [4.78, 5) is 28.1. The van der Waals surface area contributed by atoms with Crippen molar-refractivity contribution < 1.29 is 37.4 Å². The van der Waals surface area contributed by atoms with E-state index >= 15 is 0 Å². The van der Waals surface area contributed by atoms with Crippen molar-refractivity contribution in [1.29, 1.82) is 0 Å². The van der Waals surface area contributed by atoms with Gasteiger partial charge in [0.25, 0.3) is 0 Å². The molecule has 1 aromatic heterocycles. The van der Waals surface area contributed by atoms with E-state index in [9.17, 15) is 22.4 Å². The molecule has 13 heteroatoms. The fourth-order valence-corrected chi connectivity index (χ4v) is 2.15. The third-order valence-electron chi connectivity index (χ3n) is 3.48. The van der Waals surface area contributed by atoms with Gasteiger partial charge in [-0.3, -0.25) is 0 Å². The highest BCUT2D eigenvalue weighted by Gasteiger charge is 2.38. The molecule has 0 saturated carbocycles. The van der Waals surface area contributed by atoms with Crippen molar-refractivity contribution in [2.24, 2.45) is 0 Å². The van der Waals surface area contributed by atoms with Crippen LogP contribution in [0.2, 0.25) is 5.02 Å². The van der Waals surface area contributed by atoms with Gasteiger partial charge in [0.2, 0.25) is 5.95 Å². The van der Waals surface area contributed by atoms with Crippen LogP contribution in [-0.2, 0) is 4.79 Å². The van der Waals surface area contributed by atoms with E-state index in [2.05, 4.69) is 20.6 Å². The summed E-state index contributed by atoms with van der Waals surface area (Å²) in [5, 5.41) is 22.3. The van der Waals surface area contributed by atoms with Crippen LogP contribution in [0.15, 0.2) is 54.7 Å². The van der Waals surface area contributed by atoms with Gasteiger partial charge in [0.05, 0.1) is 11.8 Å². The Bertz CT molecular complexity index is 1090. The summed E-state index contributed by atoms with van der Waals surface area (Å²) in [6, 6.07) is 11.9. The van der Waals surface area contributed by atoms with Gasteiger partial charge in [-0.2, -0.15) is 18.2 Å². The number of anilines is 4. The van der Waals surface area contributed by atoms with E-state index in [-0.39, 0.29) is 17.3 Å². The number of hydrogen-bond acceptors (Lipinski definition) is 6. The van der Waals surface area contributed by atoms with Crippen LogP contribution >= 0.6 is 11.6 Å². The Morgan fingerprint density at radius 2 is 1.41 bits per heavy atom. The van der Waals surface area contributed by atoms with Crippen molar-refractivity contribution in [3.05, 3.63) is 71.1 Å². The van der Waals surface area contributed by atoms with Gasteiger partial charge in [-0.15, -0.1) is 0 Å². The normalized spacial score (nSPS) is 10.5. The second-order valence-corrected chi connectivity index (χ2v) is 6.24. The number of aliphatic carboxylic acids is 1. The molecule has 0 spiro atoms. The quantitative estimate of drug-likeness (QED) is 0.379. The predicted molar refractivity (Wildman–Crippen MR) is 107 cm³/mol. The number of nitrogens with zero attached hydrogens (tertiary/aromatic N) is 2. The summed E-state index contributed by atoms with van der Waals surface area (Å²) in [6.07, 6.45) is -3.66. The number of halogens is 5. The van der Waals surface area contributed by atoms with Crippen molar-refractivity contribution in [3.63, 3.8) is 0 Å². The van der Waals surface area contributed by atoms with Gasteiger partial charge in [0, 0.05) is 11.4 Å². The van der Waals surface area contributed by atoms with E-state index in [0.29, 0.717) is 22.2 Å². The monoisotopic (exact) mass is 472 g/mol. The van der Waals surface area contributed by atoms with Crippen LogP contribution < -0.4 is 10.6 Å². The lowest BCUT2D eigenvalue weighted by atomic mass is 10.2. The molecule has 0 unspecified atom stereocenters. The molecule has 0 aliphatic rings. The Kier molecular flexibility index (Phi) is 7.91. The molecule has 0 saturated heterocycles. The van der Waals surface area contributed by atoms with Crippen molar-refractivity contribution >= 4 is 46.7 Å². The molecule has 168 valence electrons. The van der Waals surface area contributed by atoms with Crippen LogP contribution in [0.1, 0.15) is 10.4 Å². The van der Waals surface area contributed by atoms with Crippen molar-refractivity contribution in [3.8, 4) is 0 Å². The summed E-state index contributed by atoms with van der Waals surface area (Å²) in [7, 11) is 0. The SMILES string of the molecule is O=C(O)C(F)(F)F.O=C(O)c1ccc(Nc2ncc(Cl)c(Nc3ccc(F)cc3)n2)cc1. The molecule has 3 rings (SSSR count). The molecule has 1 heterocycles. The summed E-state index contributed by atoms with van der Waals surface area (Å²) < 4.78 is 44.7. The standard InChI is InChI=1S/C17H12ClFN4O2.C2HF3O2/c18-14-9-20-17(22-13-5-1-10(2-6-13)16(24)25)23-15(14)21-12-7-3-11(19)4-8-12;3-2(4,5)1(6)7/h1-9H,(H,24,25)(H2,20,21,22,23);(H,6,7). The highest BCUT2D eigenvalue weighted by atomic mass is 35.5. The Labute approximate surface area is 182 Å². The van der Waals surface area contributed by atoms with E-state index in [1.165, 1.54) is 30.5 Å². The Morgan fingerprint density at radius 1 is 0.906 bits per heavy atom. The first-order chi connectivity index (χ1) is 15.0. The average molecular weight is 473 g/mol. The molecule has 0 bridgehead atoms. The van der Waals surface area contributed by atoms with Gasteiger partial charge >= 0.3 is 18.1 Å². The van der Waals surface area contributed by atoms with Crippen LogP contribution in [0.25, 0.3) is 0 Å². The number of benzene rings is 2. The highest BCUT2D eigenvalue weighted by molar-refractivity contribution is 6.32. The zero-order chi connectivity index (χ0) is 23.9. The molecule has 0 radical (unpaired) electrons. The van der Waals surface area contributed by atoms with Gasteiger partial charge in [0.15, 0.2) is 5.82 Å². The van der Waals surface area contributed by atoms with Gasteiger partial charge < -0.3 is 20.8 Å². The minimum absolute atomic E-state index is 0.182. The molecular formula is C19H13ClF4N4O4. The first-order valence-electron chi connectivity index (χ1n) is 8.41. The number of aromatic nitrogens is 2. The number of alkyl halides is 3. The summed E-state index contributed by atoms with van der Waals surface area (Å²) in [6.45, 7) is 0. The zero-order valence-electron chi connectivity index (χ0n) is 15.7. The molecule has 0 aliphatic heterocycles. The fourth-order valence-electron chi connectivity index (χ4n) is 2.01. The maximum Gasteiger partial charge on any atom is 0.490 e. The van der Waals surface area contributed by atoms with Crippen molar-refractivity contribution in [2.75, 3.05) is 10.6 Å². The smallest absolute Gasteiger partial charge is 0.478 e. The Morgan fingerprint density at radius 3 is 1.91 bits per heavy atom. The maximum atomic E-state index is 13.0. The van der Waals surface area contributed by atoms with Gasteiger partial charge in [0.1, 0.15) is 10.8 Å². The topological polar surface area (TPSA) is 124 Å². The van der Waals surface area contributed by atoms with E-state index in [1.807, 2.05) is 0 Å². The lowest BCUT2D eigenvalue weighted by Crippen LogP contribution is -2.21. The zero-order valence-corrected chi connectivity index (χ0v) is 16.4. The van der Waals surface area contributed by atoms with Gasteiger partial charge in [-0.05, 0) is 48.5 Å². The molecule has 3 aromatic rings. The van der Waals surface area contributed by atoms with Gasteiger partial charge in [-0.1, -0.05) is 11.6 Å². The summed E-state index contributed by atoms with van der Waals surface area (Å²) >= 11 is 6.08. The predicted octanol–water partition coefficient (Wildman–Crippen LogP) is 5.09. The molecule has 4 N–H and O–H groups in total. The summed E-state index contributed by atoms with van der Waals surface area (Å²) in [5.41, 5.74) is 1.43. The van der Waals surface area contributed by atoms with Gasteiger partial charge in [-0.25, -0.2) is 19.0 Å². The number of aromatic carboxylic acids is 1. The number of nitrogens with one attached hydrogen (secondary N) is 2. The van der Waals surface area contributed by atoms with Crippen LogP contribution in [-0.4, -0.2) is 38.3 Å². The Balaban J connectivity index is 0.000000451. The number of carbonyl (C=O) groups is 2. The van der Waals surface area contributed by atoms with Crippen LogP contribution in [0, 0.1) is 5.82 Å². The number of carboxylic acid groups (broad SMARTS) is 2. The first-order valence-corrected chi connectivity index (χ1v) is 8.79. The van der Waals surface area contributed by atoms with Crippen LogP contribution in [0.4, 0.5) is 40.7 Å². The maximum absolute atomic E-state index is 13.0. The third kappa shape index (κ3) is 7.40. The fraction of sp³-hybridized carbons (Fsp3) is 0.0526. The second-order valence-electron chi connectivity index (χ2n) is 5.83. The minimum Gasteiger partial charge on any atom is -0.478 e. The summed E-state index contributed by atoms with van der Waals surface area (Å²) in [5.74, 6) is -3.47. The van der Waals surface area contributed by atoms with E-state index < -0.39 is 18.1 Å². The molecule has 2 aromatic carbocycles. The molecule has 32 heavy (non-hydrogen) atoms. The Hall–Kier alpha value is -3.93. The molecule has 0 amide bonds. The lowest BCUT2D eigenvalue weighted by molar-refractivity contribution is -0.192. The van der Waals surface area contributed by atoms with E-state index in [1.54, 1.807) is 24.3 Å². The van der Waals surface area contributed by atoms with Crippen molar-refractivity contribution in [1.82, 2.24) is 9.97 Å². The minimum atomic E-state index is -5.08. The highest BCUT2D eigenvalue weighted by Crippen LogP contribution is 2.25. The lowest BCUT2D eigenvalue weighted by Gasteiger charge is -2.10. The first kappa shape index (κ1) is 24.3. The average Bonchev–Trinajstić information content (AvgIpc) is 2.72. The number of rotatable bonds is 5. The molecule has 0 fully saturated rings. The molecular weight excluding hydrogens is 460 g/mol. The molecule has 0 aliphatic carbocycles. The second kappa shape index (κ2) is 10.4. The van der Waals surface area contributed by atoms with E-state index in [4.69, 9.17) is 26.6 Å².